The summed E-state index contributed by atoms with van der Waals surface area (Å²) < 4.78 is 42.2. The smallest absolute Gasteiger partial charge is 0.333 e. The molecule has 0 saturated carbocycles. The third-order valence-corrected chi connectivity index (χ3v) is 8.58. The van der Waals surface area contributed by atoms with Crippen molar-refractivity contribution in [2.24, 2.45) is 16.7 Å². The van der Waals surface area contributed by atoms with Crippen LogP contribution in [0, 0.1) is 16.7 Å². The van der Waals surface area contributed by atoms with E-state index in [0.29, 0.717) is 33.0 Å². The highest BCUT2D eigenvalue weighted by Gasteiger charge is 2.48. The first-order valence-electron chi connectivity index (χ1n) is 10.3. The van der Waals surface area contributed by atoms with Crippen molar-refractivity contribution in [3.8, 4) is 0 Å². The molecule has 7 nitrogen and oxygen atoms in total. The SMILES string of the molecule is CC1(C)CCP(O[C@H]2COC3C2COC[C@H]3OP2OCCC(C)(C)CO2)OC1. The maximum atomic E-state index is 6.33. The molecule has 0 aromatic rings. The lowest BCUT2D eigenvalue weighted by Gasteiger charge is -2.37. The van der Waals surface area contributed by atoms with Gasteiger partial charge in [-0.1, -0.05) is 27.7 Å². The molecule has 0 aliphatic carbocycles. The largest absolute Gasteiger partial charge is 0.378 e. The lowest BCUT2D eigenvalue weighted by molar-refractivity contribution is -0.107. The van der Waals surface area contributed by atoms with E-state index >= 15 is 0 Å². The average Bonchev–Trinajstić information content (AvgIpc) is 2.97. The number of hydrogen-bond acceptors (Lipinski definition) is 7. The van der Waals surface area contributed by atoms with Gasteiger partial charge in [0.25, 0.3) is 0 Å². The monoisotopic (exact) mass is 436 g/mol. The molecule has 0 aromatic carbocycles. The van der Waals surface area contributed by atoms with Crippen LogP contribution in [-0.2, 0) is 32.1 Å². The fourth-order valence-corrected chi connectivity index (χ4v) is 7.17. The van der Waals surface area contributed by atoms with Crippen LogP contribution in [0.1, 0.15) is 40.5 Å². The predicted molar refractivity (Wildman–Crippen MR) is 107 cm³/mol. The minimum atomic E-state index is -1.37. The summed E-state index contributed by atoms with van der Waals surface area (Å²) >= 11 is 0. The van der Waals surface area contributed by atoms with Crippen molar-refractivity contribution >= 4 is 17.0 Å². The van der Waals surface area contributed by atoms with Gasteiger partial charge in [-0.3, -0.25) is 0 Å². The minimum Gasteiger partial charge on any atom is -0.378 e. The normalized spacial score (nSPS) is 43.3. The fourth-order valence-electron chi connectivity index (χ4n) is 3.78. The summed E-state index contributed by atoms with van der Waals surface area (Å²) in [7, 11) is -2.21. The molecule has 0 bridgehead atoms. The van der Waals surface area contributed by atoms with Crippen LogP contribution in [0.15, 0.2) is 0 Å². The van der Waals surface area contributed by atoms with Crippen molar-refractivity contribution < 1.29 is 32.1 Å². The third kappa shape index (κ3) is 5.43. The van der Waals surface area contributed by atoms with Crippen molar-refractivity contribution in [2.45, 2.75) is 58.8 Å². The van der Waals surface area contributed by atoms with Crippen LogP contribution in [-0.4, -0.2) is 64.1 Å². The molecule has 4 aliphatic rings. The Hall–Kier alpha value is 0.580. The maximum absolute atomic E-state index is 6.33. The van der Waals surface area contributed by atoms with Gasteiger partial charge in [0, 0.05) is 12.1 Å². The number of hydrogen-bond donors (Lipinski definition) is 0. The summed E-state index contributed by atoms with van der Waals surface area (Å²) in [5.41, 5.74) is 0.366. The van der Waals surface area contributed by atoms with Crippen LogP contribution in [0.4, 0.5) is 0 Å². The molecule has 28 heavy (non-hydrogen) atoms. The predicted octanol–water partition coefficient (Wildman–Crippen LogP) is 4.25. The molecule has 0 amide bonds. The molecule has 4 unspecified atom stereocenters. The lowest BCUT2D eigenvalue weighted by atomic mass is 9.91. The van der Waals surface area contributed by atoms with Crippen molar-refractivity contribution in [3.05, 3.63) is 0 Å². The highest BCUT2D eigenvalue weighted by Crippen LogP contribution is 2.52. The Labute approximate surface area is 171 Å². The molecule has 0 N–H and O–H groups in total. The van der Waals surface area contributed by atoms with E-state index in [2.05, 4.69) is 27.7 Å². The van der Waals surface area contributed by atoms with E-state index in [1.54, 1.807) is 0 Å². The molecule has 4 saturated heterocycles. The molecular formula is C19H34O7P2. The Balaban J connectivity index is 1.30. The highest BCUT2D eigenvalue weighted by molar-refractivity contribution is 7.47. The molecule has 0 radical (unpaired) electrons. The van der Waals surface area contributed by atoms with Crippen molar-refractivity contribution in [3.63, 3.8) is 0 Å². The van der Waals surface area contributed by atoms with Crippen LogP contribution >= 0.6 is 17.0 Å². The zero-order valence-electron chi connectivity index (χ0n) is 17.4. The highest BCUT2D eigenvalue weighted by atomic mass is 31.2. The third-order valence-electron chi connectivity index (χ3n) is 5.89. The van der Waals surface area contributed by atoms with Gasteiger partial charge in [0.2, 0.25) is 0 Å². The molecule has 6 atom stereocenters. The zero-order valence-corrected chi connectivity index (χ0v) is 19.2. The molecule has 4 fully saturated rings. The molecule has 4 heterocycles. The zero-order chi connectivity index (χ0) is 19.8. The molecule has 0 aromatic heterocycles. The Morgan fingerprint density at radius 3 is 2.39 bits per heavy atom. The van der Waals surface area contributed by atoms with E-state index in [0.717, 1.165) is 25.6 Å². The number of fused-ring (bicyclic) bond motifs is 1. The molecule has 0 spiro atoms. The average molecular weight is 436 g/mol. The summed E-state index contributed by atoms with van der Waals surface area (Å²) in [5.74, 6) is 0.165. The molecule has 4 rings (SSSR count). The Kier molecular flexibility index (Phi) is 6.99. The Morgan fingerprint density at radius 1 is 0.821 bits per heavy atom. The first-order chi connectivity index (χ1) is 13.3. The van der Waals surface area contributed by atoms with Crippen LogP contribution in [0.5, 0.6) is 0 Å². The second kappa shape index (κ2) is 8.98. The minimum absolute atomic E-state index is 0.00593. The standard InChI is InChI=1S/C19H34O7P2/c1-18(2)5-7-22-28(24-13-18)26-16-10-20-9-14-15(11-21-17(14)16)25-27-8-6-19(3,4)12-23-27/h14-17H,5-13H2,1-4H3/t14?,15-,16+,17?,27?,28?/m0/s1. The van der Waals surface area contributed by atoms with E-state index in [1.165, 1.54) is 0 Å². The fraction of sp³-hybridized carbons (Fsp3) is 1.00. The lowest BCUT2D eigenvalue weighted by Crippen LogP contribution is -2.46. The van der Waals surface area contributed by atoms with E-state index in [-0.39, 0.29) is 35.1 Å². The van der Waals surface area contributed by atoms with Gasteiger partial charge in [-0.15, -0.1) is 0 Å². The van der Waals surface area contributed by atoms with Crippen LogP contribution in [0.2, 0.25) is 0 Å². The van der Waals surface area contributed by atoms with Gasteiger partial charge in [0.05, 0.1) is 51.8 Å². The summed E-state index contributed by atoms with van der Waals surface area (Å²) in [4.78, 5) is 0. The number of ether oxygens (including phenoxy) is 2. The second-order valence-electron chi connectivity index (χ2n) is 9.78. The van der Waals surface area contributed by atoms with E-state index in [4.69, 9.17) is 32.1 Å². The summed E-state index contributed by atoms with van der Waals surface area (Å²) in [5, 5.41) is 0. The van der Waals surface area contributed by atoms with Crippen molar-refractivity contribution in [1.82, 2.24) is 0 Å². The Morgan fingerprint density at radius 2 is 1.61 bits per heavy atom. The first kappa shape index (κ1) is 21.8. The summed E-state index contributed by atoms with van der Waals surface area (Å²) in [6.45, 7) is 12.6. The Bertz CT molecular complexity index is 522. The van der Waals surface area contributed by atoms with Crippen LogP contribution in [0.25, 0.3) is 0 Å². The van der Waals surface area contributed by atoms with E-state index in [9.17, 15) is 0 Å². The molecule has 4 aliphatic heterocycles. The van der Waals surface area contributed by atoms with Crippen molar-refractivity contribution in [2.75, 3.05) is 45.8 Å². The molecule has 162 valence electrons. The first-order valence-corrected chi connectivity index (χ1v) is 12.8. The van der Waals surface area contributed by atoms with Gasteiger partial charge in [0.15, 0.2) is 8.38 Å². The van der Waals surface area contributed by atoms with Gasteiger partial charge in [-0.25, -0.2) is 0 Å². The summed E-state index contributed by atoms with van der Waals surface area (Å²) in [6, 6.07) is 0. The van der Waals surface area contributed by atoms with Crippen LogP contribution in [0.3, 0.4) is 0 Å². The van der Waals surface area contributed by atoms with Gasteiger partial charge in [-0.05, 0) is 23.7 Å². The number of rotatable bonds is 4. The topological polar surface area (TPSA) is 64.6 Å². The van der Waals surface area contributed by atoms with E-state index in [1.807, 2.05) is 0 Å². The van der Waals surface area contributed by atoms with Gasteiger partial charge in [0.1, 0.15) is 6.10 Å². The van der Waals surface area contributed by atoms with Gasteiger partial charge < -0.3 is 32.1 Å². The summed E-state index contributed by atoms with van der Waals surface area (Å²) in [6.07, 6.45) is 2.87. The van der Waals surface area contributed by atoms with E-state index < -0.39 is 17.0 Å². The molecule has 9 heteroatoms. The second-order valence-corrected chi connectivity index (χ2v) is 12.5. The molecular weight excluding hydrogens is 402 g/mol. The maximum Gasteiger partial charge on any atom is 0.333 e. The van der Waals surface area contributed by atoms with Gasteiger partial charge >= 0.3 is 8.60 Å². The van der Waals surface area contributed by atoms with Crippen LogP contribution < -0.4 is 0 Å². The quantitative estimate of drug-likeness (QED) is 0.611. The van der Waals surface area contributed by atoms with Crippen molar-refractivity contribution in [1.29, 1.82) is 0 Å². The van der Waals surface area contributed by atoms with Gasteiger partial charge in [-0.2, -0.15) is 0 Å².